The average molecular weight is 358 g/mol. The van der Waals surface area contributed by atoms with Gasteiger partial charge in [0.2, 0.25) is 0 Å². The summed E-state index contributed by atoms with van der Waals surface area (Å²) in [5.41, 5.74) is 8.13. The predicted octanol–water partition coefficient (Wildman–Crippen LogP) is 1.77. The highest BCUT2D eigenvalue weighted by Crippen LogP contribution is 2.29. The van der Waals surface area contributed by atoms with Gasteiger partial charge in [0.1, 0.15) is 12.1 Å². The maximum atomic E-state index is 11.7. The van der Waals surface area contributed by atoms with Gasteiger partial charge in [-0.2, -0.15) is 5.26 Å². The van der Waals surface area contributed by atoms with Crippen molar-refractivity contribution in [2.75, 3.05) is 18.4 Å². The molecule has 1 aromatic heterocycles. The number of primary amides is 1. The largest absolute Gasteiger partial charge is 0.366 e. The number of benzene rings is 2. The van der Waals surface area contributed by atoms with Gasteiger partial charge in [0.25, 0.3) is 5.91 Å². The number of rotatable bonds is 4. The molecule has 27 heavy (non-hydrogen) atoms. The lowest BCUT2D eigenvalue weighted by Gasteiger charge is -2.22. The second-order valence-electron chi connectivity index (χ2n) is 6.54. The van der Waals surface area contributed by atoms with Gasteiger partial charge in [0, 0.05) is 30.4 Å². The van der Waals surface area contributed by atoms with E-state index in [2.05, 4.69) is 26.7 Å². The first-order chi connectivity index (χ1) is 13.2. The Morgan fingerprint density at radius 2 is 2.07 bits per heavy atom. The highest BCUT2D eigenvalue weighted by molar-refractivity contribution is 6.06. The second-order valence-corrected chi connectivity index (χ2v) is 6.54. The Kier molecular flexibility index (Phi) is 4.40. The summed E-state index contributed by atoms with van der Waals surface area (Å²) in [4.78, 5) is 20.3. The average Bonchev–Trinajstić information content (AvgIpc) is 3.16. The number of nitrogens with one attached hydrogen (secondary N) is 2. The fraction of sp³-hybridized carbons (Fsp3) is 0.200. The highest BCUT2D eigenvalue weighted by Gasteiger charge is 2.29. The Labute approximate surface area is 156 Å². The molecular weight excluding hydrogens is 340 g/mol. The molecule has 7 nitrogen and oxygen atoms in total. The fourth-order valence-electron chi connectivity index (χ4n) is 3.60. The molecule has 0 bridgehead atoms. The van der Waals surface area contributed by atoms with E-state index in [0.29, 0.717) is 22.5 Å². The van der Waals surface area contributed by atoms with Crippen molar-refractivity contribution >= 4 is 22.6 Å². The smallest absolute Gasteiger partial charge is 0.250 e. The van der Waals surface area contributed by atoms with E-state index < -0.39 is 5.91 Å². The van der Waals surface area contributed by atoms with Crippen molar-refractivity contribution in [2.24, 2.45) is 5.73 Å². The molecule has 1 amide bonds. The Hall–Kier alpha value is -3.50. The molecule has 0 radical (unpaired) electrons. The van der Waals surface area contributed by atoms with Gasteiger partial charge in [-0.05, 0) is 29.8 Å². The molecule has 2 heterocycles. The minimum atomic E-state index is -0.515. The van der Waals surface area contributed by atoms with Gasteiger partial charge in [-0.15, -0.1) is 0 Å². The minimum absolute atomic E-state index is 0.0919. The van der Waals surface area contributed by atoms with Crippen LogP contribution >= 0.6 is 0 Å². The Balaban J connectivity index is 1.68. The standard InChI is InChI=1S/C20H18N6O/c21-8-12-3-1-4-13(7-12)16-9-23-10-17(16)26-20-15-6-2-5-14(19(22)27)18(15)24-11-25-20/h1-7,11,16-17,23H,9-10H2,(H2,22,27)(H,24,25,26). The zero-order valence-electron chi connectivity index (χ0n) is 14.5. The summed E-state index contributed by atoms with van der Waals surface area (Å²) < 4.78 is 0. The van der Waals surface area contributed by atoms with Crippen LogP contribution in [0.5, 0.6) is 0 Å². The van der Waals surface area contributed by atoms with Crippen molar-refractivity contribution in [3.05, 3.63) is 65.5 Å². The number of nitriles is 1. The van der Waals surface area contributed by atoms with E-state index in [1.54, 1.807) is 18.2 Å². The first kappa shape index (κ1) is 16.9. The number of fused-ring (bicyclic) bond motifs is 1. The molecule has 1 fully saturated rings. The number of para-hydroxylation sites is 1. The van der Waals surface area contributed by atoms with Crippen molar-refractivity contribution in [1.29, 1.82) is 5.26 Å². The van der Waals surface area contributed by atoms with Crippen LogP contribution in [0.4, 0.5) is 5.82 Å². The Bertz CT molecular complexity index is 1060. The molecule has 0 spiro atoms. The topological polar surface area (TPSA) is 117 Å². The molecule has 1 aliphatic rings. The molecule has 1 aliphatic heterocycles. The summed E-state index contributed by atoms with van der Waals surface area (Å²) in [5, 5.41) is 16.8. The Morgan fingerprint density at radius 1 is 1.22 bits per heavy atom. The number of anilines is 1. The number of amides is 1. The van der Waals surface area contributed by atoms with Crippen LogP contribution < -0.4 is 16.4 Å². The van der Waals surface area contributed by atoms with Crippen LogP contribution in [0.3, 0.4) is 0 Å². The van der Waals surface area contributed by atoms with E-state index in [1.165, 1.54) is 6.33 Å². The molecule has 0 aliphatic carbocycles. The molecule has 7 heteroatoms. The number of carbonyl (C=O) groups is 1. The molecule has 3 aromatic rings. The number of nitrogens with zero attached hydrogens (tertiary/aromatic N) is 3. The van der Waals surface area contributed by atoms with Gasteiger partial charge >= 0.3 is 0 Å². The molecule has 2 atom stereocenters. The summed E-state index contributed by atoms with van der Waals surface area (Å²) in [7, 11) is 0. The first-order valence-electron chi connectivity index (χ1n) is 8.68. The van der Waals surface area contributed by atoms with Crippen molar-refractivity contribution in [3.63, 3.8) is 0 Å². The molecular formula is C20H18N6O. The monoisotopic (exact) mass is 358 g/mol. The SMILES string of the molecule is N#Cc1cccc(C2CNCC2Nc2ncnc3c(C(N)=O)cccc23)c1. The van der Waals surface area contributed by atoms with Crippen molar-refractivity contribution in [1.82, 2.24) is 15.3 Å². The van der Waals surface area contributed by atoms with Crippen LogP contribution in [0.25, 0.3) is 10.9 Å². The lowest BCUT2D eigenvalue weighted by atomic mass is 9.93. The van der Waals surface area contributed by atoms with Crippen LogP contribution in [0.2, 0.25) is 0 Å². The number of aromatic nitrogens is 2. The van der Waals surface area contributed by atoms with Crippen LogP contribution in [0, 0.1) is 11.3 Å². The molecule has 134 valence electrons. The van der Waals surface area contributed by atoms with Crippen LogP contribution in [0.15, 0.2) is 48.8 Å². The maximum Gasteiger partial charge on any atom is 0.250 e. The Morgan fingerprint density at radius 3 is 2.89 bits per heavy atom. The van der Waals surface area contributed by atoms with E-state index >= 15 is 0 Å². The lowest BCUT2D eigenvalue weighted by Crippen LogP contribution is -2.28. The van der Waals surface area contributed by atoms with E-state index in [1.807, 2.05) is 24.3 Å². The van der Waals surface area contributed by atoms with Crippen LogP contribution in [-0.2, 0) is 0 Å². The van der Waals surface area contributed by atoms with Gasteiger partial charge in [0.05, 0.1) is 22.7 Å². The fourth-order valence-corrected chi connectivity index (χ4v) is 3.60. The van der Waals surface area contributed by atoms with Gasteiger partial charge in [-0.25, -0.2) is 9.97 Å². The molecule has 1 saturated heterocycles. The summed E-state index contributed by atoms with van der Waals surface area (Å²) in [6.45, 7) is 1.57. The lowest BCUT2D eigenvalue weighted by molar-refractivity contribution is 0.100. The number of hydrogen-bond donors (Lipinski definition) is 3. The van der Waals surface area contributed by atoms with Crippen molar-refractivity contribution < 1.29 is 4.79 Å². The quantitative estimate of drug-likeness (QED) is 0.654. The van der Waals surface area contributed by atoms with Crippen LogP contribution in [-0.4, -0.2) is 35.0 Å². The molecule has 2 aromatic carbocycles. The summed E-state index contributed by atoms with van der Waals surface area (Å²) in [6, 6.07) is 15.3. The van der Waals surface area contributed by atoms with E-state index in [9.17, 15) is 4.79 Å². The van der Waals surface area contributed by atoms with E-state index in [0.717, 1.165) is 24.0 Å². The molecule has 4 rings (SSSR count). The van der Waals surface area contributed by atoms with Crippen molar-refractivity contribution in [3.8, 4) is 6.07 Å². The third-order valence-corrected chi connectivity index (χ3v) is 4.91. The number of hydrogen-bond acceptors (Lipinski definition) is 6. The maximum absolute atomic E-state index is 11.7. The molecule has 2 unspecified atom stereocenters. The zero-order chi connectivity index (χ0) is 18.8. The normalized spacial score (nSPS) is 18.9. The summed E-state index contributed by atoms with van der Waals surface area (Å²) in [6.07, 6.45) is 1.44. The number of carbonyl (C=O) groups excluding carboxylic acids is 1. The van der Waals surface area contributed by atoms with Gasteiger partial charge < -0.3 is 16.4 Å². The van der Waals surface area contributed by atoms with E-state index in [-0.39, 0.29) is 12.0 Å². The van der Waals surface area contributed by atoms with Gasteiger partial charge in [-0.1, -0.05) is 18.2 Å². The third kappa shape index (κ3) is 3.18. The van der Waals surface area contributed by atoms with Gasteiger partial charge in [-0.3, -0.25) is 4.79 Å². The predicted molar refractivity (Wildman–Crippen MR) is 102 cm³/mol. The zero-order valence-corrected chi connectivity index (χ0v) is 14.5. The van der Waals surface area contributed by atoms with Crippen molar-refractivity contribution in [2.45, 2.75) is 12.0 Å². The molecule has 0 saturated carbocycles. The number of nitrogens with two attached hydrogens (primary N) is 1. The highest BCUT2D eigenvalue weighted by atomic mass is 16.1. The summed E-state index contributed by atoms with van der Waals surface area (Å²) in [5.74, 6) is 0.347. The van der Waals surface area contributed by atoms with E-state index in [4.69, 9.17) is 11.0 Å². The second kappa shape index (κ2) is 7.02. The summed E-state index contributed by atoms with van der Waals surface area (Å²) >= 11 is 0. The first-order valence-corrected chi connectivity index (χ1v) is 8.68. The molecule has 4 N–H and O–H groups in total. The van der Waals surface area contributed by atoms with Crippen LogP contribution in [0.1, 0.15) is 27.4 Å². The van der Waals surface area contributed by atoms with Gasteiger partial charge in [0.15, 0.2) is 0 Å². The third-order valence-electron chi connectivity index (χ3n) is 4.91. The minimum Gasteiger partial charge on any atom is -0.366 e.